The number of ether oxygens (including phenoxy) is 1. The van der Waals surface area contributed by atoms with Gasteiger partial charge in [-0.2, -0.15) is 0 Å². The SMILES string of the molecule is CCCCOCCNCc1c(C)cccc1C. The first kappa shape index (κ1) is 14.2. The van der Waals surface area contributed by atoms with Crippen molar-refractivity contribution in [1.29, 1.82) is 0 Å². The lowest BCUT2D eigenvalue weighted by Crippen LogP contribution is -2.20. The lowest BCUT2D eigenvalue weighted by Gasteiger charge is -2.11. The predicted molar refractivity (Wildman–Crippen MR) is 73.3 cm³/mol. The first-order chi connectivity index (χ1) is 8.25. The monoisotopic (exact) mass is 235 g/mol. The van der Waals surface area contributed by atoms with Crippen molar-refractivity contribution in [2.24, 2.45) is 0 Å². The van der Waals surface area contributed by atoms with Crippen LogP contribution in [0.1, 0.15) is 36.5 Å². The van der Waals surface area contributed by atoms with Crippen LogP contribution in [0.4, 0.5) is 0 Å². The maximum Gasteiger partial charge on any atom is 0.0591 e. The van der Waals surface area contributed by atoms with Crippen molar-refractivity contribution in [2.45, 2.75) is 40.2 Å². The van der Waals surface area contributed by atoms with Gasteiger partial charge in [-0.15, -0.1) is 0 Å². The molecule has 0 radical (unpaired) electrons. The number of benzene rings is 1. The average molecular weight is 235 g/mol. The number of rotatable bonds is 8. The van der Waals surface area contributed by atoms with E-state index in [0.717, 1.165) is 32.7 Å². The summed E-state index contributed by atoms with van der Waals surface area (Å²) >= 11 is 0. The molecule has 0 aliphatic heterocycles. The van der Waals surface area contributed by atoms with E-state index < -0.39 is 0 Å². The Labute approximate surface area is 105 Å². The Morgan fingerprint density at radius 1 is 1.12 bits per heavy atom. The molecule has 0 unspecified atom stereocenters. The van der Waals surface area contributed by atoms with E-state index in [4.69, 9.17) is 4.74 Å². The van der Waals surface area contributed by atoms with E-state index in [0.29, 0.717) is 0 Å². The molecule has 0 saturated heterocycles. The van der Waals surface area contributed by atoms with Gasteiger partial charge in [-0.1, -0.05) is 31.5 Å². The molecule has 0 aliphatic rings. The lowest BCUT2D eigenvalue weighted by atomic mass is 10.0. The highest BCUT2D eigenvalue weighted by Crippen LogP contribution is 2.12. The molecule has 2 heteroatoms. The summed E-state index contributed by atoms with van der Waals surface area (Å²) in [4.78, 5) is 0. The fourth-order valence-corrected chi connectivity index (χ4v) is 1.83. The van der Waals surface area contributed by atoms with Crippen LogP contribution in [0.25, 0.3) is 0 Å². The standard InChI is InChI=1S/C15H25NO/c1-4-5-10-17-11-9-16-12-15-13(2)7-6-8-14(15)3/h6-8,16H,4-5,9-12H2,1-3H3. The summed E-state index contributed by atoms with van der Waals surface area (Å²) in [7, 11) is 0. The molecule has 0 bridgehead atoms. The van der Waals surface area contributed by atoms with Crippen molar-refractivity contribution >= 4 is 0 Å². The van der Waals surface area contributed by atoms with Gasteiger partial charge < -0.3 is 10.1 Å². The van der Waals surface area contributed by atoms with Crippen LogP contribution < -0.4 is 5.32 Å². The highest BCUT2D eigenvalue weighted by Gasteiger charge is 2.00. The molecule has 96 valence electrons. The quantitative estimate of drug-likeness (QED) is 0.699. The number of nitrogens with one attached hydrogen (secondary N) is 1. The number of aryl methyl sites for hydroxylation is 2. The van der Waals surface area contributed by atoms with Gasteiger partial charge in [0.1, 0.15) is 0 Å². The largest absolute Gasteiger partial charge is 0.380 e. The third-order valence-corrected chi connectivity index (χ3v) is 3.01. The third-order valence-electron chi connectivity index (χ3n) is 3.01. The zero-order chi connectivity index (χ0) is 12.5. The van der Waals surface area contributed by atoms with E-state index in [1.165, 1.54) is 23.1 Å². The van der Waals surface area contributed by atoms with E-state index in [1.54, 1.807) is 0 Å². The zero-order valence-corrected chi connectivity index (χ0v) is 11.4. The van der Waals surface area contributed by atoms with Crippen LogP contribution in [-0.4, -0.2) is 19.8 Å². The molecule has 0 aromatic heterocycles. The summed E-state index contributed by atoms with van der Waals surface area (Å²) in [5, 5.41) is 3.44. The normalized spacial score (nSPS) is 10.8. The van der Waals surface area contributed by atoms with Gasteiger partial charge in [0.05, 0.1) is 6.61 Å². The van der Waals surface area contributed by atoms with Gasteiger partial charge >= 0.3 is 0 Å². The Morgan fingerprint density at radius 3 is 2.47 bits per heavy atom. The van der Waals surface area contributed by atoms with Gasteiger partial charge in [-0.25, -0.2) is 0 Å². The first-order valence-electron chi connectivity index (χ1n) is 6.59. The second-order valence-electron chi connectivity index (χ2n) is 4.51. The summed E-state index contributed by atoms with van der Waals surface area (Å²) in [5.41, 5.74) is 4.15. The molecule has 0 atom stereocenters. The van der Waals surface area contributed by atoms with Gasteiger partial charge in [0.2, 0.25) is 0 Å². The maximum atomic E-state index is 5.51. The van der Waals surface area contributed by atoms with Crippen molar-refractivity contribution < 1.29 is 4.74 Å². The van der Waals surface area contributed by atoms with E-state index in [1.807, 2.05) is 0 Å². The average Bonchev–Trinajstić information content (AvgIpc) is 2.31. The number of hydrogen-bond acceptors (Lipinski definition) is 2. The highest BCUT2D eigenvalue weighted by atomic mass is 16.5. The topological polar surface area (TPSA) is 21.3 Å². The summed E-state index contributed by atoms with van der Waals surface area (Å²) in [6.45, 7) is 10.1. The smallest absolute Gasteiger partial charge is 0.0591 e. The van der Waals surface area contributed by atoms with E-state index >= 15 is 0 Å². The Hall–Kier alpha value is -0.860. The molecule has 0 heterocycles. The number of unbranched alkanes of at least 4 members (excludes halogenated alkanes) is 1. The van der Waals surface area contributed by atoms with Crippen LogP contribution in [0.2, 0.25) is 0 Å². The molecular weight excluding hydrogens is 210 g/mol. The molecule has 1 aromatic carbocycles. The molecule has 2 nitrogen and oxygen atoms in total. The molecule has 0 fully saturated rings. The van der Waals surface area contributed by atoms with Crippen molar-refractivity contribution in [2.75, 3.05) is 19.8 Å². The van der Waals surface area contributed by atoms with Gasteiger partial charge in [0.25, 0.3) is 0 Å². The van der Waals surface area contributed by atoms with Gasteiger partial charge in [0, 0.05) is 19.7 Å². The van der Waals surface area contributed by atoms with Gasteiger partial charge in [-0.05, 0) is 37.0 Å². The summed E-state index contributed by atoms with van der Waals surface area (Å²) in [5.74, 6) is 0. The van der Waals surface area contributed by atoms with Crippen molar-refractivity contribution in [1.82, 2.24) is 5.32 Å². The lowest BCUT2D eigenvalue weighted by molar-refractivity contribution is 0.133. The summed E-state index contributed by atoms with van der Waals surface area (Å²) in [6.07, 6.45) is 2.37. The Morgan fingerprint density at radius 2 is 1.82 bits per heavy atom. The van der Waals surface area contributed by atoms with Crippen LogP contribution in [0.3, 0.4) is 0 Å². The van der Waals surface area contributed by atoms with Gasteiger partial charge in [0.15, 0.2) is 0 Å². The molecule has 0 saturated carbocycles. The van der Waals surface area contributed by atoms with Crippen molar-refractivity contribution in [3.05, 3.63) is 34.9 Å². The molecule has 0 spiro atoms. The molecule has 0 amide bonds. The fourth-order valence-electron chi connectivity index (χ4n) is 1.83. The molecule has 1 N–H and O–H groups in total. The molecular formula is C15H25NO. The van der Waals surface area contributed by atoms with E-state index in [2.05, 4.69) is 44.3 Å². The molecule has 1 aromatic rings. The summed E-state index contributed by atoms with van der Waals surface area (Å²) in [6, 6.07) is 6.45. The van der Waals surface area contributed by atoms with Crippen molar-refractivity contribution in [3.63, 3.8) is 0 Å². The summed E-state index contributed by atoms with van der Waals surface area (Å²) < 4.78 is 5.51. The van der Waals surface area contributed by atoms with Crippen molar-refractivity contribution in [3.8, 4) is 0 Å². The second-order valence-corrected chi connectivity index (χ2v) is 4.51. The molecule has 17 heavy (non-hydrogen) atoms. The maximum absolute atomic E-state index is 5.51. The van der Waals surface area contributed by atoms with Crippen LogP contribution >= 0.6 is 0 Å². The predicted octanol–water partition coefficient (Wildman–Crippen LogP) is 3.21. The van der Waals surface area contributed by atoms with Gasteiger partial charge in [-0.3, -0.25) is 0 Å². The molecule has 0 aliphatic carbocycles. The Bertz CT molecular complexity index is 302. The van der Waals surface area contributed by atoms with Crippen LogP contribution in [-0.2, 0) is 11.3 Å². The highest BCUT2D eigenvalue weighted by molar-refractivity contribution is 5.33. The second kappa shape index (κ2) is 8.26. The zero-order valence-electron chi connectivity index (χ0n) is 11.4. The Balaban J connectivity index is 2.18. The third kappa shape index (κ3) is 5.33. The fraction of sp³-hybridized carbons (Fsp3) is 0.600. The van der Waals surface area contributed by atoms with E-state index in [-0.39, 0.29) is 0 Å². The Kier molecular flexibility index (Phi) is 6.90. The van der Waals surface area contributed by atoms with Crippen LogP contribution in [0.15, 0.2) is 18.2 Å². The minimum absolute atomic E-state index is 0.810. The van der Waals surface area contributed by atoms with Crippen LogP contribution in [0.5, 0.6) is 0 Å². The first-order valence-corrected chi connectivity index (χ1v) is 6.59. The minimum Gasteiger partial charge on any atom is -0.380 e. The molecule has 1 rings (SSSR count). The number of hydrogen-bond donors (Lipinski definition) is 1. The van der Waals surface area contributed by atoms with E-state index in [9.17, 15) is 0 Å². The van der Waals surface area contributed by atoms with Crippen LogP contribution in [0, 0.1) is 13.8 Å². The minimum atomic E-state index is 0.810.